The zero-order valence-electron chi connectivity index (χ0n) is 11.1. The van der Waals surface area contributed by atoms with Crippen molar-refractivity contribution in [1.29, 1.82) is 5.26 Å². The Hall–Kier alpha value is -2.27. The van der Waals surface area contributed by atoms with Crippen LogP contribution in [0.4, 0.5) is 5.69 Å². The number of hydrogen-bond acceptors (Lipinski definition) is 6. The van der Waals surface area contributed by atoms with Crippen LogP contribution in [0.1, 0.15) is 6.42 Å². The fraction of sp³-hybridized carbons (Fsp3) is 0.385. The van der Waals surface area contributed by atoms with Gasteiger partial charge in [-0.25, -0.2) is 0 Å². The number of nitrogens with one attached hydrogen (secondary N) is 1. The predicted molar refractivity (Wildman–Crippen MR) is 77.0 cm³/mol. The number of rotatable bonds is 5. The summed E-state index contributed by atoms with van der Waals surface area (Å²) >= 11 is 1.62. The van der Waals surface area contributed by atoms with E-state index in [4.69, 9.17) is 10.00 Å². The molecule has 0 saturated carbocycles. The van der Waals surface area contributed by atoms with Gasteiger partial charge in [0.1, 0.15) is 11.3 Å². The zero-order chi connectivity index (χ0) is 15.3. The second kappa shape index (κ2) is 6.45. The normalized spacial score (nSPS) is 20.5. The molecule has 21 heavy (non-hydrogen) atoms. The Morgan fingerprint density at radius 3 is 2.76 bits per heavy atom. The quantitative estimate of drug-likeness (QED) is 0.652. The van der Waals surface area contributed by atoms with Crippen LogP contribution in [-0.2, 0) is 4.79 Å². The molecule has 1 aliphatic rings. The topological polar surface area (TPSA) is 105 Å². The van der Waals surface area contributed by atoms with Gasteiger partial charge in [-0.15, -0.1) is 0 Å². The van der Waals surface area contributed by atoms with E-state index < -0.39 is 10.5 Å². The molecule has 110 valence electrons. The summed E-state index contributed by atoms with van der Waals surface area (Å²) in [6.07, 6.45) is 0.622. The molecule has 1 aromatic rings. The van der Waals surface area contributed by atoms with Gasteiger partial charge in [0.25, 0.3) is 11.6 Å². The summed E-state index contributed by atoms with van der Waals surface area (Å²) in [6, 6.07) is 7.60. The van der Waals surface area contributed by atoms with Crippen LogP contribution in [0.5, 0.6) is 5.75 Å². The van der Waals surface area contributed by atoms with Gasteiger partial charge >= 0.3 is 0 Å². The van der Waals surface area contributed by atoms with Crippen LogP contribution in [0.25, 0.3) is 0 Å². The van der Waals surface area contributed by atoms with Crippen molar-refractivity contribution in [2.45, 2.75) is 12.0 Å². The van der Waals surface area contributed by atoms with Crippen molar-refractivity contribution < 1.29 is 14.5 Å². The van der Waals surface area contributed by atoms with Gasteiger partial charge < -0.3 is 10.1 Å². The van der Waals surface area contributed by atoms with E-state index in [9.17, 15) is 14.9 Å². The van der Waals surface area contributed by atoms with Gasteiger partial charge in [-0.05, 0) is 24.3 Å². The first-order valence-corrected chi connectivity index (χ1v) is 7.37. The molecular formula is C13H13N3O4S. The molecule has 2 rings (SSSR count). The molecule has 7 nitrogen and oxygen atoms in total. The molecule has 8 heteroatoms. The third kappa shape index (κ3) is 3.86. The predicted octanol–water partition coefficient (Wildman–Crippen LogP) is 1.49. The molecule has 1 atom stereocenters. The first-order chi connectivity index (χ1) is 10.0. The third-order valence-corrected chi connectivity index (χ3v) is 4.22. The molecule has 1 unspecified atom stereocenters. The SMILES string of the molecule is N#CC1(NC(=O)COc2ccc([N+](=O)[O-])cc2)CCSC1. The van der Waals surface area contributed by atoms with Crippen molar-refractivity contribution in [2.24, 2.45) is 0 Å². The molecule has 1 aromatic carbocycles. The highest BCUT2D eigenvalue weighted by Gasteiger charge is 2.36. The van der Waals surface area contributed by atoms with Crippen molar-refractivity contribution >= 4 is 23.4 Å². The second-order valence-corrected chi connectivity index (χ2v) is 5.69. The maximum Gasteiger partial charge on any atom is 0.269 e. The molecule has 0 aromatic heterocycles. The number of hydrogen-bond donors (Lipinski definition) is 1. The van der Waals surface area contributed by atoms with Gasteiger partial charge in [0, 0.05) is 17.9 Å². The molecule has 0 bridgehead atoms. The number of nitrogens with zero attached hydrogens (tertiary/aromatic N) is 2. The van der Waals surface area contributed by atoms with Crippen molar-refractivity contribution in [3.05, 3.63) is 34.4 Å². The molecule has 0 spiro atoms. The highest BCUT2D eigenvalue weighted by molar-refractivity contribution is 7.99. The first kappa shape index (κ1) is 15.1. The summed E-state index contributed by atoms with van der Waals surface area (Å²) in [5.74, 6) is 1.41. The monoisotopic (exact) mass is 307 g/mol. The Balaban J connectivity index is 1.86. The summed E-state index contributed by atoms with van der Waals surface area (Å²) in [6.45, 7) is -0.230. The van der Waals surface area contributed by atoms with Gasteiger partial charge in [0.15, 0.2) is 6.61 Å². The van der Waals surface area contributed by atoms with E-state index in [0.29, 0.717) is 17.9 Å². The van der Waals surface area contributed by atoms with Crippen molar-refractivity contribution in [1.82, 2.24) is 5.32 Å². The number of nitriles is 1. The number of nitro groups is 1. The van der Waals surface area contributed by atoms with Gasteiger partial charge in [0.2, 0.25) is 0 Å². The first-order valence-electron chi connectivity index (χ1n) is 6.22. The lowest BCUT2D eigenvalue weighted by molar-refractivity contribution is -0.384. The zero-order valence-corrected chi connectivity index (χ0v) is 11.9. The van der Waals surface area contributed by atoms with Crippen LogP contribution in [-0.4, -0.2) is 34.5 Å². The number of benzene rings is 1. The molecule has 1 fully saturated rings. The van der Waals surface area contributed by atoms with Crippen LogP contribution in [0.2, 0.25) is 0 Å². The average molecular weight is 307 g/mol. The number of thioether (sulfide) groups is 1. The van der Waals surface area contributed by atoms with Crippen molar-refractivity contribution in [3.63, 3.8) is 0 Å². The molecule has 0 aliphatic carbocycles. The lowest BCUT2D eigenvalue weighted by atomic mass is 10.0. The van der Waals surface area contributed by atoms with Gasteiger partial charge in [-0.2, -0.15) is 17.0 Å². The van der Waals surface area contributed by atoms with Crippen molar-refractivity contribution in [3.8, 4) is 11.8 Å². The van der Waals surface area contributed by atoms with Gasteiger partial charge in [-0.3, -0.25) is 14.9 Å². The van der Waals surface area contributed by atoms with Crippen LogP contribution in [0, 0.1) is 21.4 Å². The van der Waals surface area contributed by atoms with Crippen LogP contribution >= 0.6 is 11.8 Å². The molecule has 1 amide bonds. The summed E-state index contributed by atoms with van der Waals surface area (Å²) in [4.78, 5) is 21.8. The fourth-order valence-corrected chi connectivity index (χ4v) is 3.16. The lowest BCUT2D eigenvalue weighted by Crippen LogP contribution is -2.49. The second-order valence-electron chi connectivity index (χ2n) is 4.58. The summed E-state index contributed by atoms with van der Waals surface area (Å²) in [7, 11) is 0. The Morgan fingerprint density at radius 2 is 2.24 bits per heavy atom. The Morgan fingerprint density at radius 1 is 1.52 bits per heavy atom. The van der Waals surface area contributed by atoms with E-state index in [1.165, 1.54) is 24.3 Å². The summed E-state index contributed by atoms with van der Waals surface area (Å²) in [5, 5.41) is 22.3. The number of non-ortho nitro benzene ring substituents is 1. The molecule has 1 N–H and O–H groups in total. The van der Waals surface area contributed by atoms with Crippen LogP contribution in [0.3, 0.4) is 0 Å². The molecule has 1 saturated heterocycles. The van der Waals surface area contributed by atoms with Crippen LogP contribution < -0.4 is 10.1 Å². The number of ether oxygens (including phenoxy) is 1. The van der Waals surface area contributed by atoms with Gasteiger partial charge in [0.05, 0.1) is 11.0 Å². The third-order valence-electron chi connectivity index (χ3n) is 3.03. The summed E-state index contributed by atoms with van der Waals surface area (Å²) < 4.78 is 5.25. The molecule has 1 heterocycles. The summed E-state index contributed by atoms with van der Waals surface area (Å²) in [5.41, 5.74) is -0.848. The Labute approximate surface area is 125 Å². The minimum absolute atomic E-state index is 0.0433. The van der Waals surface area contributed by atoms with E-state index in [1.54, 1.807) is 11.8 Å². The van der Waals surface area contributed by atoms with E-state index in [0.717, 1.165) is 5.75 Å². The number of nitro benzene ring substituents is 1. The average Bonchev–Trinajstić information content (AvgIpc) is 2.94. The van der Waals surface area contributed by atoms with Gasteiger partial charge in [-0.1, -0.05) is 0 Å². The molecule has 0 radical (unpaired) electrons. The fourth-order valence-electron chi connectivity index (χ4n) is 1.90. The Bertz CT molecular complexity index is 576. The standard InChI is InChI=1S/C13H13N3O4S/c14-8-13(5-6-21-9-13)15-12(17)7-20-11-3-1-10(2-4-11)16(18)19/h1-4H,5-7,9H2,(H,15,17). The van der Waals surface area contributed by atoms with E-state index >= 15 is 0 Å². The lowest BCUT2D eigenvalue weighted by Gasteiger charge is -2.21. The highest BCUT2D eigenvalue weighted by atomic mass is 32.2. The van der Waals surface area contributed by atoms with E-state index in [2.05, 4.69) is 11.4 Å². The van der Waals surface area contributed by atoms with E-state index in [-0.39, 0.29) is 18.2 Å². The number of carbonyl (C=O) groups is 1. The minimum Gasteiger partial charge on any atom is -0.484 e. The smallest absolute Gasteiger partial charge is 0.269 e. The number of amides is 1. The maximum atomic E-state index is 11.8. The number of carbonyl (C=O) groups excluding carboxylic acids is 1. The molecular weight excluding hydrogens is 294 g/mol. The maximum absolute atomic E-state index is 11.8. The minimum atomic E-state index is -0.805. The van der Waals surface area contributed by atoms with Crippen molar-refractivity contribution in [2.75, 3.05) is 18.1 Å². The largest absolute Gasteiger partial charge is 0.484 e. The van der Waals surface area contributed by atoms with Crippen LogP contribution in [0.15, 0.2) is 24.3 Å². The van der Waals surface area contributed by atoms with E-state index in [1.807, 2.05) is 0 Å². The molecule has 1 aliphatic heterocycles. The highest BCUT2D eigenvalue weighted by Crippen LogP contribution is 2.27. The Kier molecular flexibility index (Phi) is 4.65.